The van der Waals surface area contributed by atoms with E-state index in [9.17, 15) is 93.9 Å². The van der Waals surface area contributed by atoms with Crippen molar-refractivity contribution in [3.05, 3.63) is 255 Å². The molecule has 0 radical (unpaired) electrons. The maximum atomic E-state index is 14.3. The van der Waals surface area contributed by atoms with E-state index in [2.05, 4.69) is 57.1 Å². The zero-order chi connectivity index (χ0) is 86.7. The molecule has 4 aliphatic heterocycles. The first-order valence-corrected chi connectivity index (χ1v) is 38.3. The quantitative estimate of drug-likeness (QED) is 0.0469. The van der Waals surface area contributed by atoms with Crippen LogP contribution in [0.15, 0.2) is 188 Å². The molecule has 41 heteroatoms. The van der Waals surface area contributed by atoms with Crippen molar-refractivity contribution in [3.63, 3.8) is 0 Å². The zero-order valence-corrected chi connectivity index (χ0v) is 64.5. The van der Waals surface area contributed by atoms with Crippen LogP contribution in [0.1, 0.15) is 114 Å². The first-order chi connectivity index (χ1) is 57.6. The van der Waals surface area contributed by atoms with Crippen LogP contribution in [-0.2, 0) is 44.6 Å². The lowest BCUT2D eigenvalue weighted by molar-refractivity contribution is -0.141. The summed E-state index contributed by atoms with van der Waals surface area (Å²) in [5.41, 5.74) is 1.60. The molecule has 12 N–H and O–H groups in total. The third-order valence-electron chi connectivity index (χ3n) is 20.9. The van der Waals surface area contributed by atoms with Gasteiger partial charge in [0, 0.05) is 51.5 Å². The molecule has 4 unspecified atom stereocenters. The minimum atomic E-state index is -3.82. The van der Waals surface area contributed by atoms with Crippen molar-refractivity contribution >= 4 is 84.4 Å². The van der Waals surface area contributed by atoms with Crippen LogP contribution in [0.4, 0.5) is 58.4 Å². The standard InChI is InChI=1S/C20H16BrF2N3O5.2C20H21F2N3O5.C20H17F2N3O5/c21-13-4-3-10-7-12(2-1-11(10)8-13)17(29)24-15-5-6-26(19(30)25-15)18-20(22,23)16(28)14(9-27)31-18;21-20(22)16(27)14(10-26)30-18(20)25-9-8-15(24-19(25)29)23-17(28)13-7-3-5-11-4-1-2-6-12(11)13;2*21-20(22)16(27)14(10-26)30-18(20)25-8-7-15(24-19(25)29)23-17(28)13-6-5-11-3-1-2-4-12(11)9-13/h1-8,14,16,18,27-28H,9H2,(H,24,25,29,30);3,5,7-9,14,16,18,26-27H,1-2,4,6,10H2,(H,23,24,28,29);5-9,14,16,18,26-27H,1-4,10H2,(H,23,24,28,29);1-9,14,16,18,26-27H,10H2,(H,23,24,28,29)/t14-,16?,18-;14-,16-,18?;2*14-,16?,18-/m1111/s1. The Balaban J connectivity index is 0.000000139. The summed E-state index contributed by atoms with van der Waals surface area (Å²) in [6.45, 7) is -3.34. The number of rotatable bonds is 16. The molecule has 4 fully saturated rings. The number of aromatic nitrogens is 8. The normalized spacial score (nSPS) is 23.8. The maximum Gasteiger partial charge on any atom is 0.351 e. The van der Waals surface area contributed by atoms with Crippen molar-refractivity contribution in [1.82, 2.24) is 38.2 Å². The van der Waals surface area contributed by atoms with Gasteiger partial charge < -0.3 is 81.1 Å². The summed E-state index contributed by atoms with van der Waals surface area (Å²) in [6.07, 6.45) is -11.9. The van der Waals surface area contributed by atoms with Gasteiger partial charge in [0.2, 0.25) is 24.9 Å². The summed E-state index contributed by atoms with van der Waals surface area (Å²) >= 11 is 3.38. The minimum Gasteiger partial charge on any atom is -0.394 e. The van der Waals surface area contributed by atoms with E-state index in [-0.39, 0.29) is 23.3 Å². The highest BCUT2D eigenvalue weighted by molar-refractivity contribution is 9.10. The number of benzene rings is 6. The molecule has 6 aromatic carbocycles. The Hall–Kier alpha value is -11.3. The Morgan fingerprint density at radius 3 is 1.08 bits per heavy atom. The van der Waals surface area contributed by atoms with Crippen LogP contribution < -0.4 is 44.0 Å². The second kappa shape index (κ2) is 36.2. The van der Waals surface area contributed by atoms with E-state index >= 15 is 0 Å². The predicted molar refractivity (Wildman–Crippen MR) is 415 cm³/mol. The number of aliphatic hydroxyl groups excluding tert-OH is 8. The summed E-state index contributed by atoms with van der Waals surface area (Å²) in [6, 6.07) is 38.8. The molecule has 0 saturated carbocycles. The number of amides is 4. The van der Waals surface area contributed by atoms with Crippen LogP contribution >= 0.6 is 15.9 Å². The summed E-state index contributed by atoms with van der Waals surface area (Å²) < 4.78 is 137. The van der Waals surface area contributed by atoms with Gasteiger partial charge in [-0.1, -0.05) is 76.6 Å². The molecule has 6 aliphatic rings. The van der Waals surface area contributed by atoms with Crippen LogP contribution in [0.2, 0.25) is 0 Å². The third-order valence-corrected chi connectivity index (χ3v) is 21.4. The van der Waals surface area contributed by atoms with Gasteiger partial charge in [-0.05, 0) is 174 Å². The van der Waals surface area contributed by atoms with E-state index in [1.54, 1.807) is 54.6 Å². The van der Waals surface area contributed by atoms with E-state index in [1.807, 2.05) is 60.7 Å². The molecule has 12 atom stereocenters. The molecular weight excluding hydrogens is 1680 g/mol. The second-order valence-corrected chi connectivity index (χ2v) is 29.7. The van der Waals surface area contributed by atoms with Gasteiger partial charge in [-0.15, -0.1) is 0 Å². The van der Waals surface area contributed by atoms with Crippen molar-refractivity contribution in [2.45, 2.75) is 149 Å². The van der Waals surface area contributed by atoms with Crippen LogP contribution in [0.5, 0.6) is 0 Å². The molecule has 16 rings (SSSR count). The predicted octanol–water partition coefficient (Wildman–Crippen LogP) is 6.35. The van der Waals surface area contributed by atoms with Crippen molar-refractivity contribution in [2.24, 2.45) is 0 Å². The van der Waals surface area contributed by atoms with E-state index in [1.165, 1.54) is 23.8 Å². The number of ether oxygens (including phenoxy) is 4. The van der Waals surface area contributed by atoms with Gasteiger partial charge in [-0.3, -0.25) is 37.4 Å². The van der Waals surface area contributed by atoms with Gasteiger partial charge in [-0.2, -0.15) is 55.1 Å². The first kappa shape index (κ1) is 87.5. The summed E-state index contributed by atoms with van der Waals surface area (Å²) in [5, 5.41) is 88.1. The molecule has 0 bridgehead atoms. The molecule has 121 heavy (non-hydrogen) atoms. The molecular formula is C80H75BrF8N12O20. The van der Waals surface area contributed by atoms with Gasteiger partial charge in [-0.25, -0.2) is 19.2 Å². The highest BCUT2D eigenvalue weighted by Gasteiger charge is 2.63. The number of alkyl halides is 8. The summed E-state index contributed by atoms with van der Waals surface area (Å²) in [4.78, 5) is 114. The van der Waals surface area contributed by atoms with Crippen molar-refractivity contribution in [2.75, 3.05) is 47.7 Å². The van der Waals surface area contributed by atoms with Gasteiger partial charge in [0.25, 0.3) is 23.6 Å². The highest BCUT2D eigenvalue weighted by atomic mass is 79.9. The molecule has 2 aliphatic carbocycles. The molecule has 0 spiro atoms. The fourth-order valence-corrected chi connectivity index (χ4v) is 14.8. The fourth-order valence-electron chi connectivity index (χ4n) is 14.4. The molecule has 8 heterocycles. The lowest BCUT2D eigenvalue weighted by Crippen LogP contribution is -2.41. The van der Waals surface area contributed by atoms with Gasteiger partial charge in [0.15, 0.2) is 24.4 Å². The average Bonchev–Trinajstić information content (AvgIpc) is 1.64. The average molecular weight is 1760 g/mol. The number of carbonyl (C=O) groups is 4. The monoisotopic (exact) mass is 1750 g/mol. The van der Waals surface area contributed by atoms with E-state index < -0.39 is 170 Å². The zero-order valence-electron chi connectivity index (χ0n) is 63.0. The number of fused-ring (bicyclic) bond motifs is 4. The molecule has 4 amide bonds. The number of hydrogen-bond acceptors (Lipinski definition) is 24. The number of aryl methyl sites for hydroxylation is 3. The number of carbonyl (C=O) groups excluding carboxylic acids is 4. The molecule has 638 valence electrons. The SMILES string of the molecule is O=C(Nc1ccn(C2O[C@H](CO)[C@@H](O)C2(F)F)c(=O)n1)c1cccc2c1CCCC2.O=C(Nc1ccn([C@@H]2O[C@H](CO)C(O)C2(F)F)c(=O)n1)c1ccc2c(c1)CCCC2.O=C(Nc1ccn([C@@H]2O[C@H](CO)C(O)C2(F)F)c(=O)n1)c1ccc2cc(Br)ccc2c1.O=C(Nc1ccn([C@@H]2O[C@H](CO)C(O)C2(F)F)c(=O)n1)c1ccc2ccccc2c1. The topological polar surface area (TPSA) is 455 Å². The van der Waals surface area contributed by atoms with Crippen molar-refractivity contribution in [1.29, 1.82) is 0 Å². The van der Waals surface area contributed by atoms with Crippen LogP contribution in [-0.4, -0.2) is 202 Å². The number of nitrogens with zero attached hydrogens (tertiary/aromatic N) is 8. The number of halogens is 9. The lowest BCUT2D eigenvalue weighted by atomic mass is 9.88. The Bertz CT molecular complexity index is 5830. The lowest BCUT2D eigenvalue weighted by Gasteiger charge is -2.21. The van der Waals surface area contributed by atoms with E-state index in [4.69, 9.17) is 39.4 Å². The summed E-state index contributed by atoms with van der Waals surface area (Å²) in [5.74, 6) is -17.6. The maximum absolute atomic E-state index is 14.3. The fraction of sp³-hybridized carbons (Fsp3) is 0.350. The van der Waals surface area contributed by atoms with Crippen molar-refractivity contribution < 1.29 is 114 Å². The van der Waals surface area contributed by atoms with Crippen LogP contribution in [0.25, 0.3) is 21.5 Å². The van der Waals surface area contributed by atoms with Crippen LogP contribution in [0.3, 0.4) is 0 Å². The Kier molecular flexibility index (Phi) is 26.1. The number of nitrogens with one attached hydrogen (secondary N) is 4. The Morgan fingerprint density at radius 1 is 0.372 bits per heavy atom. The number of hydrogen-bond donors (Lipinski definition) is 12. The minimum absolute atomic E-state index is 0.0877. The van der Waals surface area contributed by atoms with Gasteiger partial charge in [0.1, 0.15) is 47.7 Å². The molecule has 4 saturated heterocycles. The van der Waals surface area contributed by atoms with Gasteiger partial charge in [0.05, 0.1) is 26.4 Å². The molecule has 10 aromatic rings. The third kappa shape index (κ3) is 18.3. The highest BCUT2D eigenvalue weighted by Crippen LogP contribution is 2.46. The van der Waals surface area contributed by atoms with Crippen LogP contribution in [0, 0.1) is 0 Å². The largest absolute Gasteiger partial charge is 0.394 e. The first-order valence-electron chi connectivity index (χ1n) is 37.5. The van der Waals surface area contributed by atoms with Crippen molar-refractivity contribution in [3.8, 4) is 0 Å². The van der Waals surface area contributed by atoms with E-state index in [0.29, 0.717) is 40.5 Å². The second-order valence-electron chi connectivity index (χ2n) is 28.8. The smallest absolute Gasteiger partial charge is 0.351 e. The number of aliphatic hydroxyl groups is 8. The Labute approximate surface area is 685 Å². The number of anilines is 4. The van der Waals surface area contributed by atoms with E-state index in [0.717, 1.165) is 125 Å². The summed E-state index contributed by atoms with van der Waals surface area (Å²) in [7, 11) is 0. The Morgan fingerprint density at radius 2 is 0.694 bits per heavy atom. The molecule has 32 nitrogen and oxygen atoms in total. The van der Waals surface area contributed by atoms with Gasteiger partial charge >= 0.3 is 46.4 Å². The molecule has 4 aromatic heterocycles.